The molecule has 0 amide bonds. The molecule has 0 aliphatic heterocycles. The van der Waals surface area contributed by atoms with Crippen LogP contribution in [0.3, 0.4) is 0 Å². The van der Waals surface area contributed by atoms with E-state index in [1.165, 1.54) is 0 Å². The quantitative estimate of drug-likeness (QED) is 0.266. The zero-order chi connectivity index (χ0) is 14.0. The van der Waals surface area contributed by atoms with Crippen molar-refractivity contribution in [3.63, 3.8) is 0 Å². The van der Waals surface area contributed by atoms with E-state index in [2.05, 4.69) is 20.0 Å². The lowest BCUT2D eigenvalue weighted by Gasteiger charge is -2.24. The Morgan fingerprint density at radius 2 is 1.89 bits per heavy atom. The monoisotopic (exact) mass is 274 g/mol. The zero-order valence-electron chi connectivity index (χ0n) is 12.1. The van der Waals surface area contributed by atoms with Gasteiger partial charge < -0.3 is 13.6 Å². The summed E-state index contributed by atoms with van der Waals surface area (Å²) < 4.78 is 16.3. The number of esters is 1. The minimum atomic E-state index is -1.95. The number of carbonyl (C=O) groups excluding carboxylic acids is 1. The van der Waals surface area contributed by atoms with Crippen molar-refractivity contribution in [1.82, 2.24) is 0 Å². The van der Waals surface area contributed by atoms with Crippen LogP contribution in [0.4, 0.5) is 0 Å². The zero-order valence-corrected chi connectivity index (χ0v) is 13.1. The van der Waals surface area contributed by atoms with Crippen LogP contribution in [0, 0.1) is 0 Å². The average molecular weight is 274 g/mol. The first-order chi connectivity index (χ1) is 8.45. The van der Waals surface area contributed by atoms with Crippen LogP contribution in [-0.2, 0) is 18.4 Å². The molecular formula is C13H26O4Si. The molecule has 0 aliphatic rings. The van der Waals surface area contributed by atoms with Crippen LogP contribution in [0.5, 0.6) is 0 Å². The third-order valence-electron chi connectivity index (χ3n) is 2.66. The van der Waals surface area contributed by atoms with Crippen molar-refractivity contribution in [3.05, 3.63) is 12.2 Å². The number of rotatable bonds is 10. The van der Waals surface area contributed by atoms with Gasteiger partial charge in [-0.3, -0.25) is 0 Å². The number of unbranched alkanes of at least 4 members (excludes halogenated alkanes) is 1. The van der Waals surface area contributed by atoms with Gasteiger partial charge in [0.1, 0.15) is 0 Å². The smallest absolute Gasteiger partial charge is 0.334 e. The molecule has 4 nitrogen and oxygen atoms in total. The Bertz CT molecular complexity index is 268. The summed E-state index contributed by atoms with van der Waals surface area (Å²) in [6.07, 6.45) is 2.76. The Balaban J connectivity index is 3.61. The molecule has 0 rings (SSSR count). The molecule has 1 unspecified atom stereocenters. The molecular weight excluding hydrogens is 248 g/mol. The molecule has 0 fully saturated rings. The van der Waals surface area contributed by atoms with Crippen molar-refractivity contribution in [1.29, 1.82) is 0 Å². The van der Waals surface area contributed by atoms with Crippen molar-refractivity contribution in [2.24, 2.45) is 0 Å². The summed E-state index contributed by atoms with van der Waals surface area (Å²) in [5.41, 5.74) is 0.438. The molecule has 0 aliphatic carbocycles. The van der Waals surface area contributed by atoms with Gasteiger partial charge in [0.15, 0.2) is 0 Å². The van der Waals surface area contributed by atoms with E-state index >= 15 is 0 Å². The fourth-order valence-electron chi connectivity index (χ4n) is 1.47. The molecule has 0 aromatic heterocycles. The highest BCUT2D eigenvalue weighted by molar-refractivity contribution is 6.65. The number of hydrogen-bond donors (Lipinski definition) is 0. The Labute approximate surface area is 112 Å². The highest BCUT2D eigenvalue weighted by Gasteiger charge is 2.28. The first-order valence-corrected chi connectivity index (χ1v) is 8.99. The standard InChI is InChI=1S/C13H26O4Si/c1-6-11-18(5,15-4)17-10-8-7-9-16-13(14)12(2)3/h2,6-11H2,1,3-5H3. The molecule has 18 heavy (non-hydrogen) atoms. The van der Waals surface area contributed by atoms with Gasteiger partial charge in [-0.15, -0.1) is 0 Å². The highest BCUT2D eigenvalue weighted by Crippen LogP contribution is 2.15. The van der Waals surface area contributed by atoms with E-state index in [-0.39, 0.29) is 5.97 Å². The summed E-state index contributed by atoms with van der Waals surface area (Å²) in [6, 6.07) is 1.01. The van der Waals surface area contributed by atoms with E-state index in [0.29, 0.717) is 18.8 Å². The summed E-state index contributed by atoms with van der Waals surface area (Å²) in [5.74, 6) is -0.321. The van der Waals surface area contributed by atoms with Crippen molar-refractivity contribution >= 4 is 14.5 Å². The van der Waals surface area contributed by atoms with Crippen molar-refractivity contribution in [3.8, 4) is 0 Å². The van der Waals surface area contributed by atoms with Crippen LogP contribution in [-0.4, -0.2) is 34.9 Å². The van der Waals surface area contributed by atoms with Gasteiger partial charge in [-0.1, -0.05) is 19.9 Å². The Morgan fingerprint density at radius 1 is 1.28 bits per heavy atom. The first kappa shape index (κ1) is 17.3. The van der Waals surface area contributed by atoms with Gasteiger partial charge in [-0.05, 0) is 32.4 Å². The maximum atomic E-state index is 11.1. The Hall–Kier alpha value is -0.653. The second-order valence-corrected chi connectivity index (χ2v) is 8.02. The molecule has 0 bridgehead atoms. The number of carbonyl (C=O) groups is 1. The van der Waals surface area contributed by atoms with Crippen molar-refractivity contribution < 1.29 is 18.4 Å². The second-order valence-electron chi connectivity index (χ2n) is 4.56. The maximum absolute atomic E-state index is 11.1. The fourth-order valence-corrected chi connectivity index (χ4v) is 3.42. The van der Waals surface area contributed by atoms with E-state index in [0.717, 1.165) is 25.3 Å². The van der Waals surface area contributed by atoms with Crippen LogP contribution < -0.4 is 0 Å². The molecule has 0 saturated carbocycles. The first-order valence-electron chi connectivity index (χ1n) is 6.47. The molecule has 1 atom stereocenters. The lowest BCUT2D eigenvalue weighted by atomic mass is 10.3. The van der Waals surface area contributed by atoms with Crippen molar-refractivity contribution in [2.45, 2.75) is 45.7 Å². The summed E-state index contributed by atoms with van der Waals surface area (Å²) in [4.78, 5) is 11.1. The molecule has 106 valence electrons. The molecule has 0 spiro atoms. The number of ether oxygens (including phenoxy) is 1. The van der Waals surface area contributed by atoms with Gasteiger partial charge in [-0.2, -0.15) is 0 Å². The third kappa shape index (κ3) is 7.63. The van der Waals surface area contributed by atoms with Crippen LogP contribution >= 0.6 is 0 Å². The van der Waals surface area contributed by atoms with E-state index in [9.17, 15) is 4.79 Å². The van der Waals surface area contributed by atoms with Crippen LogP contribution in [0.2, 0.25) is 12.6 Å². The Morgan fingerprint density at radius 3 is 2.39 bits per heavy atom. The van der Waals surface area contributed by atoms with Gasteiger partial charge in [-0.25, -0.2) is 4.79 Å². The predicted octanol–water partition coefficient (Wildman–Crippen LogP) is 3.03. The largest absolute Gasteiger partial charge is 0.462 e. The van der Waals surface area contributed by atoms with E-state index < -0.39 is 8.56 Å². The summed E-state index contributed by atoms with van der Waals surface area (Å²) in [6.45, 7) is 10.5. The lowest BCUT2D eigenvalue weighted by Crippen LogP contribution is -2.37. The summed E-state index contributed by atoms with van der Waals surface area (Å²) in [7, 11) is -0.226. The fraction of sp³-hybridized carbons (Fsp3) is 0.769. The molecule has 5 heteroatoms. The van der Waals surface area contributed by atoms with Crippen molar-refractivity contribution in [2.75, 3.05) is 20.3 Å². The third-order valence-corrected chi connectivity index (χ3v) is 5.75. The van der Waals surface area contributed by atoms with Crippen LogP contribution in [0.1, 0.15) is 33.1 Å². The molecule has 0 aromatic carbocycles. The lowest BCUT2D eigenvalue weighted by molar-refractivity contribution is -0.139. The predicted molar refractivity (Wildman–Crippen MR) is 74.7 cm³/mol. The van der Waals surface area contributed by atoms with E-state index in [1.54, 1.807) is 14.0 Å². The molecule has 0 heterocycles. The number of hydrogen-bond acceptors (Lipinski definition) is 4. The minimum absolute atomic E-state index is 0.321. The maximum Gasteiger partial charge on any atom is 0.334 e. The minimum Gasteiger partial charge on any atom is -0.462 e. The molecule has 0 N–H and O–H groups in total. The van der Waals surface area contributed by atoms with E-state index in [4.69, 9.17) is 13.6 Å². The van der Waals surface area contributed by atoms with Crippen LogP contribution in [0.15, 0.2) is 12.2 Å². The SMILES string of the molecule is C=C(C)C(=O)OCCCCO[Si](C)(CCC)OC. The highest BCUT2D eigenvalue weighted by atomic mass is 28.4. The average Bonchev–Trinajstić information content (AvgIpc) is 2.33. The summed E-state index contributed by atoms with van der Waals surface area (Å²) in [5, 5.41) is 0. The van der Waals surface area contributed by atoms with Gasteiger partial charge in [0.25, 0.3) is 0 Å². The van der Waals surface area contributed by atoms with E-state index in [1.807, 2.05) is 0 Å². The van der Waals surface area contributed by atoms with Crippen LogP contribution in [0.25, 0.3) is 0 Å². The Kier molecular flexibility index (Phi) is 8.96. The molecule has 0 saturated heterocycles. The van der Waals surface area contributed by atoms with Gasteiger partial charge >= 0.3 is 14.5 Å². The second kappa shape index (κ2) is 9.30. The topological polar surface area (TPSA) is 44.8 Å². The normalized spacial score (nSPS) is 14.0. The molecule has 0 radical (unpaired) electrons. The summed E-state index contributed by atoms with van der Waals surface area (Å²) >= 11 is 0. The molecule has 0 aromatic rings. The van der Waals surface area contributed by atoms with Gasteiger partial charge in [0.2, 0.25) is 0 Å². The van der Waals surface area contributed by atoms with Gasteiger partial charge in [0.05, 0.1) is 6.61 Å². The van der Waals surface area contributed by atoms with Gasteiger partial charge in [0, 0.05) is 19.3 Å².